The lowest BCUT2D eigenvalue weighted by atomic mass is 10.1. The van der Waals surface area contributed by atoms with Crippen molar-refractivity contribution in [3.63, 3.8) is 0 Å². The Morgan fingerprint density at radius 1 is 1.26 bits per heavy atom. The minimum Gasteiger partial charge on any atom is -1.00 e. The van der Waals surface area contributed by atoms with E-state index in [0.717, 1.165) is 22.2 Å². The van der Waals surface area contributed by atoms with E-state index in [1.54, 1.807) is 7.05 Å². The molecule has 0 unspecified atom stereocenters. The number of nitrogens with one attached hydrogen (secondary N) is 1. The van der Waals surface area contributed by atoms with Crippen molar-refractivity contribution in [1.82, 2.24) is 9.80 Å². The third-order valence-corrected chi connectivity index (χ3v) is 3.34. The minimum atomic E-state index is -0.436. The van der Waals surface area contributed by atoms with Gasteiger partial charge in [-0.1, -0.05) is 0 Å². The molecule has 0 heterocycles. The van der Waals surface area contributed by atoms with Gasteiger partial charge in [-0.15, -0.1) is 0 Å². The van der Waals surface area contributed by atoms with E-state index < -0.39 is 6.09 Å². The number of nitrogens with zero attached hydrogens (tertiary/aromatic N) is 1. The van der Waals surface area contributed by atoms with Gasteiger partial charge in [-0.05, 0) is 32.4 Å². The molecule has 4 nitrogen and oxygen atoms in total. The first-order valence-electron chi connectivity index (χ1n) is 6.16. The van der Waals surface area contributed by atoms with Crippen LogP contribution in [0.4, 0.5) is 10.5 Å². The van der Waals surface area contributed by atoms with Gasteiger partial charge in [-0.2, -0.15) is 0 Å². The molecule has 1 N–H and O–H groups in total. The molecule has 0 spiro atoms. The molecule has 1 aromatic rings. The van der Waals surface area contributed by atoms with E-state index in [1.165, 1.54) is 5.69 Å². The van der Waals surface area contributed by atoms with Crippen LogP contribution in [0.25, 0.3) is 0 Å². The number of aryl methyl sites for hydroxylation is 2. The maximum absolute atomic E-state index is 11.2. The number of hydrogen-bond donors (Lipinski definition) is 1. The van der Waals surface area contributed by atoms with Crippen LogP contribution >= 0.6 is 0 Å². The van der Waals surface area contributed by atoms with Crippen molar-refractivity contribution in [3.8, 4) is 5.75 Å². The molecule has 0 bridgehead atoms. The van der Waals surface area contributed by atoms with Crippen LogP contribution in [0.15, 0.2) is 12.1 Å². The summed E-state index contributed by atoms with van der Waals surface area (Å²) in [4.78, 5) is 11.2. The largest absolute Gasteiger partial charge is 1.00 e. The van der Waals surface area contributed by atoms with Gasteiger partial charge in [0.25, 0.3) is 0 Å². The first-order valence-corrected chi connectivity index (χ1v) is 6.16. The molecule has 108 valence electrons. The molecule has 0 saturated heterocycles. The van der Waals surface area contributed by atoms with E-state index >= 15 is 0 Å². The molecule has 0 atom stereocenters. The molecule has 0 radical (unpaired) electrons. The molecule has 1 amide bonds. The summed E-state index contributed by atoms with van der Waals surface area (Å²) in [5.41, 5.74) is 3.35. The summed E-state index contributed by atoms with van der Waals surface area (Å²) in [5, 5.41) is 2.45. The summed E-state index contributed by atoms with van der Waals surface area (Å²) in [7, 11) is 5.89. The molecule has 1 rings (SSSR count). The van der Waals surface area contributed by atoms with Gasteiger partial charge in [0.05, 0.1) is 20.6 Å². The zero-order valence-corrected chi connectivity index (χ0v) is 14.7. The summed E-state index contributed by atoms with van der Waals surface area (Å²) in [6, 6.07) is 4.02. The van der Waals surface area contributed by atoms with Gasteiger partial charge < -0.3 is 34.0 Å². The third-order valence-electron chi connectivity index (χ3n) is 3.34. The molecule has 1 aromatic carbocycles. The van der Waals surface area contributed by atoms with Crippen LogP contribution in [0.3, 0.4) is 0 Å². The lowest BCUT2D eigenvalue weighted by Gasteiger charge is -2.29. The number of carbonyl (C=O) groups is 1. The van der Waals surface area contributed by atoms with Crippen molar-refractivity contribution >= 4 is 11.8 Å². The van der Waals surface area contributed by atoms with Crippen LogP contribution in [-0.4, -0.2) is 33.8 Å². The number of amides is 1. The highest BCUT2D eigenvalue weighted by atomic mass is 127. The Bertz CT molecular complexity index is 459. The van der Waals surface area contributed by atoms with Crippen molar-refractivity contribution in [2.24, 2.45) is 0 Å². The Kier molecular flexibility index (Phi) is 6.79. The van der Waals surface area contributed by atoms with E-state index in [1.807, 2.05) is 19.9 Å². The van der Waals surface area contributed by atoms with E-state index in [9.17, 15) is 4.79 Å². The highest BCUT2D eigenvalue weighted by Crippen LogP contribution is 2.31. The number of hydrogen-bond acceptors (Lipinski definition) is 2. The summed E-state index contributed by atoms with van der Waals surface area (Å²) >= 11 is 0. The monoisotopic (exact) mass is 378 g/mol. The molecule has 19 heavy (non-hydrogen) atoms. The number of ether oxygens (including phenoxy) is 1. The van der Waals surface area contributed by atoms with Gasteiger partial charge in [0.2, 0.25) is 0 Å². The van der Waals surface area contributed by atoms with Gasteiger partial charge in [-0.25, -0.2) is 4.79 Å². The van der Waals surface area contributed by atoms with Gasteiger partial charge in [-0.3, -0.25) is 4.48 Å². The number of quaternary nitrogens is 1. The highest BCUT2D eigenvalue weighted by Gasteiger charge is 2.21. The van der Waals surface area contributed by atoms with E-state index in [-0.39, 0.29) is 24.0 Å². The Labute approximate surface area is 132 Å². The molecule has 0 aliphatic rings. The molecular weight excluding hydrogens is 355 g/mol. The zero-order valence-electron chi connectivity index (χ0n) is 12.5. The summed E-state index contributed by atoms with van der Waals surface area (Å²) in [5.74, 6) is 0.617. The number of benzene rings is 1. The Morgan fingerprint density at radius 2 is 1.84 bits per heavy atom. The second-order valence-corrected chi connectivity index (χ2v) is 5.04. The quantitative estimate of drug-likeness (QED) is 0.575. The van der Waals surface area contributed by atoms with Crippen LogP contribution in [0.1, 0.15) is 18.1 Å². The Morgan fingerprint density at radius 3 is 2.32 bits per heavy atom. The van der Waals surface area contributed by atoms with Gasteiger partial charge in [0.15, 0.2) is 0 Å². The van der Waals surface area contributed by atoms with E-state index in [2.05, 4.69) is 32.4 Å². The average molecular weight is 378 g/mol. The maximum atomic E-state index is 11.2. The number of rotatable bonds is 3. The normalized spacial score (nSPS) is 10.6. The van der Waals surface area contributed by atoms with Crippen molar-refractivity contribution in [3.05, 3.63) is 23.3 Å². The number of carbonyl (C=O) groups excluding carboxylic acids is 1. The smallest absolute Gasteiger partial charge is 0.412 e. The minimum absolute atomic E-state index is 0. The molecule has 0 aliphatic carbocycles. The Hall–Kier alpha value is -0.820. The van der Waals surface area contributed by atoms with Gasteiger partial charge in [0.1, 0.15) is 11.4 Å². The van der Waals surface area contributed by atoms with Crippen molar-refractivity contribution in [1.29, 1.82) is 0 Å². The van der Waals surface area contributed by atoms with Gasteiger partial charge >= 0.3 is 6.09 Å². The third kappa shape index (κ3) is 4.35. The van der Waals surface area contributed by atoms with Crippen LogP contribution < -0.4 is 38.5 Å². The highest BCUT2D eigenvalue weighted by molar-refractivity contribution is 5.71. The summed E-state index contributed by atoms with van der Waals surface area (Å²) in [6.45, 7) is 7.16. The molecular formula is C14H23IN2O2. The van der Waals surface area contributed by atoms with Crippen LogP contribution in [0.5, 0.6) is 5.75 Å². The van der Waals surface area contributed by atoms with E-state index in [4.69, 9.17) is 4.74 Å². The summed E-state index contributed by atoms with van der Waals surface area (Å²) in [6.07, 6.45) is -0.436. The van der Waals surface area contributed by atoms with Crippen LogP contribution in [0.2, 0.25) is 0 Å². The lowest BCUT2D eigenvalue weighted by Crippen LogP contribution is -3.00. The topological polar surface area (TPSA) is 38.3 Å². The zero-order chi connectivity index (χ0) is 13.9. The first-order chi connectivity index (χ1) is 8.31. The summed E-state index contributed by atoms with van der Waals surface area (Å²) < 4.78 is 6.03. The second kappa shape index (κ2) is 7.09. The average Bonchev–Trinajstić information content (AvgIpc) is 2.32. The predicted octanol–water partition coefficient (Wildman–Crippen LogP) is -0.388. The van der Waals surface area contributed by atoms with Crippen molar-refractivity contribution in [2.45, 2.75) is 20.8 Å². The molecule has 5 heteroatoms. The maximum Gasteiger partial charge on any atom is 0.412 e. The Balaban J connectivity index is 0.00000324. The van der Waals surface area contributed by atoms with Crippen molar-refractivity contribution < 1.29 is 33.5 Å². The fraction of sp³-hybridized carbons (Fsp3) is 0.500. The van der Waals surface area contributed by atoms with Gasteiger partial charge in [0, 0.05) is 18.7 Å². The lowest BCUT2D eigenvalue weighted by molar-refractivity contribution is -0.00000900. The SMILES string of the molecule is CC[N+](C)(C)c1cc(C)c(OC(=O)NC)cc1C.[I-]. The molecule has 0 aromatic heterocycles. The fourth-order valence-corrected chi connectivity index (χ4v) is 1.86. The molecule has 0 saturated carbocycles. The number of halogens is 1. The van der Waals surface area contributed by atoms with E-state index in [0.29, 0.717) is 5.75 Å². The standard InChI is InChI=1S/C14H22N2O2.HI/c1-7-16(5,6)12-8-11(3)13(9-10(12)2)18-14(17)15-4;/h8-9H,7H2,1-6H3;1H. The van der Waals surface area contributed by atoms with Crippen LogP contribution in [-0.2, 0) is 0 Å². The first kappa shape index (κ1) is 18.2. The second-order valence-electron chi connectivity index (χ2n) is 5.04. The molecule has 0 fully saturated rings. The van der Waals surface area contributed by atoms with Crippen molar-refractivity contribution in [2.75, 3.05) is 27.7 Å². The molecule has 0 aliphatic heterocycles. The fourth-order valence-electron chi connectivity index (χ4n) is 1.86. The van der Waals surface area contributed by atoms with Crippen LogP contribution in [0, 0.1) is 13.8 Å². The predicted molar refractivity (Wildman–Crippen MR) is 75.2 cm³/mol.